The molecular formula is C12H21N5O2. The van der Waals surface area contributed by atoms with Crippen LogP contribution in [0.15, 0.2) is 0 Å². The number of hydrogen-bond donors (Lipinski definition) is 1. The predicted molar refractivity (Wildman–Crippen MR) is 72.3 cm³/mol. The van der Waals surface area contributed by atoms with Crippen molar-refractivity contribution in [3.05, 3.63) is 0 Å². The molecule has 1 aliphatic heterocycles. The van der Waals surface area contributed by atoms with Gasteiger partial charge in [-0.25, -0.2) is 0 Å². The van der Waals surface area contributed by atoms with E-state index in [1.54, 1.807) is 0 Å². The third kappa shape index (κ3) is 4.20. The van der Waals surface area contributed by atoms with Crippen LogP contribution in [0.25, 0.3) is 0 Å². The monoisotopic (exact) mass is 267 g/mol. The van der Waals surface area contributed by atoms with E-state index in [1.807, 2.05) is 0 Å². The van der Waals surface area contributed by atoms with Crippen LogP contribution >= 0.6 is 0 Å². The Bertz CT molecular complexity index is 396. The molecule has 7 nitrogen and oxygen atoms in total. The van der Waals surface area contributed by atoms with Crippen LogP contribution in [-0.4, -0.2) is 47.9 Å². The van der Waals surface area contributed by atoms with Gasteiger partial charge in [0.05, 0.1) is 6.61 Å². The third-order valence-corrected chi connectivity index (χ3v) is 2.82. The van der Waals surface area contributed by atoms with Gasteiger partial charge in [0.25, 0.3) is 0 Å². The molecule has 7 heteroatoms. The highest BCUT2D eigenvalue weighted by Gasteiger charge is 2.17. The van der Waals surface area contributed by atoms with Gasteiger partial charge in [-0.1, -0.05) is 6.92 Å². The lowest BCUT2D eigenvalue weighted by atomic mass is 10.4. The molecule has 0 aliphatic carbocycles. The van der Waals surface area contributed by atoms with E-state index in [9.17, 15) is 0 Å². The van der Waals surface area contributed by atoms with Crippen LogP contribution in [0.2, 0.25) is 0 Å². The lowest BCUT2D eigenvalue weighted by Gasteiger charge is -2.15. The predicted octanol–water partition coefficient (Wildman–Crippen LogP) is 0.859. The van der Waals surface area contributed by atoms with Crippen LogP contribution in [0.4, 0.5) is 11.9 Å². The Morgan fingerprint density at radius 3 is 2.63 bits per heavy atom. The molecule has 0 aromatic carbocycles. The number of nitrogen functional groups attached to an aromatic ring is 1. The van der Waals surface area contributed by atoms with Crippen LogP contribution in [0.1, 0.15) is 26.2 Å². The average Bonchev–Trinajstić information content (AvgIpc) is 2.92. The topological polar surface area (TPSA) is 86.4 Å². The number of hydrogen-bond acceptors (Lipinski definition) is 7. The largest absolute Gasteiger partial charge is 0.461 e. The molecule has 0 spiro atoms. The molecule has 1 aromatic heterocycles. The van der Waals surface area contributed by atoms with Crippen molar-refractivity contribution in [2.45, 2.75) is 26.2 Å². The summed E-state index contributed by atoms with van der Waals surface area (Å²) in [6.45, 7) is 5.67. The maximum Gasteiger partial charge on any atom is 0.323 e. The van der Waals surface area contributed by atoms with Gasteiger partial charge in [0, 0.05) is 19.7 Å². The molecule has 1 aliphatic rings. The average molecular weight is 267 g/mol. The zero-order valence-electron chi connectivity index (χ0n) is 11.3. The van der Waals surface area contributed by atoms with Crippen LogP contribution in [0.3, 0.4) is 0 Å². The molecule has 0 radical (unpaired) electrons. The van der Waals surface area contributed by atoms with Gasteiger partial charge in [-0.15, -0.1) is 0 Å². The summed E-state index contributed by atoms with van der Waals surface area (Å²) in [6.07, 6.45) is 3.32. The van der Waals surface area contributed by atoms with E-state index < -0.39 is 0 Å². The van der Waals surface area contributed by atoms with Crippen molar-refractivity contribution in [2.24, 2.45) is 0 Å². The number of nitrogens with zero attached hydrogens (tertiary/aromatic N) is 4. The van der Waals surface area contributed by atoms with Gasteiger partial charge in [-0.3, -0.25) is 0 Å². The molecule has 106 valence electrons. The van der Waals surface area contributed by atoms with E-state index in [0.29, 0.717) is 19.2 Å². The minimum Gasteiger partial charge on any atom is -0.461 e. The highest BCUT2D eigenvalue weighted by Crippen LogP contribution is 2.18. The molecule has 1 fully saturated rings. The molecule has 2 N–H and O–H groups in total. The minimum atomic E-state index is 0.196. The molecular weight excluding hydrogens is 246 g/mol. The zero-order valence-corrected chi connectivity index (χ0v) is 11.3. The van der Waals surface area contributed by atoms with Gasteiger partial charge < -0.3 is 20.1 Å². The molecule has 0 unspecified atom stereocenters. The van der Waals surface area contributed by atoms with Crippen molar-refractivity contribution in [2.75, 3.05) is 43.5 Å². The van der Waals surface area contributed by atoms with Gasteiger partial charge >= 0.3 is 6.01 Å². The second kappa shape index (κ2) is 7.08. The van der Waals surface area contributed by atoms with Gasteiger partial charge in [-0.05, 0) is 19.3 Å². The van der Waals surface area contributed by atoms with Crippen molar-refractivity contribution < 1.29 is 9.47 Å². The Kier molecular flexibility index (Phi) is 5.14. The lowest BCUT2D eigenvalue weighted by molar-refractivity contribution is 0.0972. The fourth-order valence-corrected chi connectivity index (χ4v) is 1.92. The van der Waals surface area contributed by atoms with Gasteiger partial charge in [0.15, 0.2) is 0 Å². The van der Waals surface area contributed by atoms with E-state index in [-0.39, 0.29) is 12.0 Å². The van der Waals surface area contributed by atoms with Crippen LogP contribution in [0.5, 0.6) is 6.01 Å². The Morgan fingerprint density at radius 2 is 1.89 bits per heavy atom. The number of anilines is 2. The van der Waals surface area contributed by atoms with Crippen molar-refractivity contribution >= 4 is 11.9 Å². The minimum absolute atomic E-state index is 0.196. The normalized spacial score (nSPS) is 14.9. The van der Waals surface area contributed by atoms with Crippen molar-refractivity contribution in [1.82, 2.24) is 15.0 Å². The van der Waals surface area contributed by atoms with Crippen molar-refractivity contribution in [3.63, 3.8) is 0 Å². The first-order chi connectivity index (χ1) is 9.29. The number of rotatable bonds is 7. The Labute approximate surface area is 113 Å². The summed E-state index contributed by atoms with van der Waals surface area (Å²) < 4.78 is 10.8. The van der Waals surface area contributed by atoms with Crippen LogP contribution in [-0.2, 0) is 4.74 Å². The standard InChI is InChI=1S/C12H21N5O2/c1-2-7-18-8-9-19-12-15-10(13)14-11(16-12)17-5-3-4-6-17/h2-9H2,1H3,(H2,13,14,15,16). The summed E-state index contributed by atoms with van der Waals surface area (Å²) >= 11 is 0. The van der Waals surface area contributed by atoms with Crippen LogP contribution in [0, 0.1) is 0 Å². The second-order valence-corrected chi connectivity index (χ2v) is 4.43. The Balaban J connectivity index is 1.89. The molecule has 2 heterocycles. The molecule has 0 bridgehead atoms. The third-order valence-electron chi connectivity index (χ3n) is 2.82. The van der Waals surface area contributed by atoms with Crippen molar-refractivity contribution in [3.8, 4) is 6.01 Å². The lowest BCUT2D eigenvalue weighted by Crippen LogP contribution is -2.22. The maximum absolute atomic E-state index is 5.68. The summed E-state index contributed by atoms with van der Waals surface area (Å²) in [5.74, 6) is 0.802. The molecule has 0 amide bonds. The van der Waals surface area contributed by atoms with E-state index in [2.05, 4.69) is 26.8 Å². The molecule has 1 aromatic rings. The Morgan fingerprint density at radius 1 is 1.11 bits per heavy atom. The van der Waals surface area contributed by atoms with Gasteiger partial charge in [0.1, 0.15) is 6.61 Å². The SMILES string of the molecule is CCCOCCOc1nc(N)nc(N2CCCC2)n1. The fourth-order valence-electron chi connectivity index (χ4n) is 1.92. The Hall–Kier alpha value is -1.63. The summed E-state index contributed by atoms with van der Waals surface area (Å²) in [4.78, 5) is 14.5. The van der Waals surface area contributed by atoms with Crippen LogP contribution < -0.4 is 15.4 Å². The highest BCUT2D eigenvalue weighted by molar-refractivity contribution is 5.36. The highest BCUT2D eigenvalue weighted by atomic mass is 16.5. The first-order valence-electron chi connectivity index (χ1n) is 6.76. The summed E-state index contributed by atoms with van der Waals surface area (Å²) in [7, 11) is 0. The van der Waals surface area contributed by atoms with E-state index >= 15 is 0 Å². The van der Waals surface area contributed by atoms with E-state index in [4.69, 9.17) is 15.2 Å². The molecule has 2 rings (SSSR count). The first kappa shape index (κ1) is 13.8. The van der Waals surface area contributed by atoms with E-state index in [1.165, 1.54) is 0 Å². The van der Waals surface area contributed by atoms with Crippen molar-refractivity contribution in [1.29, 1.82) is 0 Å². The first-order valence-corrected chi connectivity index (χ1v) is 6.76. The summed E-state index contributed by atoms with van der Waals surface area (Å²) in [5.41, 5.74) is 5.68. The number of aromatic nitrogens is 3. The van der Waals surface area contributed by atoms with E-state index in [0.717, 1.165) is 39.0 Å². The zero-order chi connectivity index (χ0) is 13.5. The smallest absolute Gasteiger partial charge is 0.323 e. The van der Waals surface area contributed by atoms with Gasteiger partial charge in [0.2, 0.25) is 11.9 Å². The fraction of sp³-hybridized carbons (Fsp3) is 0.750. The van der Waals surface area contributed by atoms with Gasteiger partial charge in [-0.2, -0.15) is 15.0 Å². The second-order valence-electron chi connectivity index (χ2n) is 4.43. The maximum atomic E-state index is 5.68. The molecule has 0 saturated carbocycles. The number of nitrogens with two attached hydrogens (primary N) is 1. The summed E-state index contributed by atoms with van der Waals surface area (Å²) in [5, 5.41) is 0. The molecule has 19 heavy (non-hydrogen) atoms. The molecule has 0 atom stereocenters. The summed E-state index contributed by atoms with van der Waals surface area (Å²) in [6, 6.07) is 0.273. The quantitative estimate of drug-likeness (QED) is 0.733. The molecule has 1 saturated heterocycles. The number of ether oxygens (including phenoxy) is 2.